The minimum absolute atomic E-state index is 0.00208. The number of thioether (sulfide) groups is 1. The Morgan fingerprint density at radius 3 is 2.68 bits per heavy atom. The fourth-order valence-corrected chi connectivity index (χ4v) is 3.78. The molecule has 0 spiro atoms. The van der Waals surface area contributed by atoms with Crippen LogP contribution in [0.25, 0.3) is 0 Å². The van der Waals surface area contributed by atoms with Crippen molar-refractivity contribution >= 4 is 35.2 Å². The monoisotopic (exact) mass is 356 g/mol. The van der Waals surface area contributed by atoms with Crippen LogP contribution in [-0.2, 0) is 9.59 Å². The normalized spacial score (nSPS) is 17.0. The number of carboxylic acids is 1. The molecule has 128 valence electrons. The molecule has 0 radical (unpaired) electrons. The summed E-state index contributed by atoms with van der Waals surface area (Å²) in [5.74, 6) is -1.49. The number of benzene rings is 2. The van der Waals surface area contributed by atoms with Crippen molar-refractivity contribution in [3.63, 3.8) is 0 Å². The molecule has 6 nitrogen and oxygen atoms in total. The van der Waals surface area contributed by atoms with Gasteiger partial charge < -0.3 is 14.6 Å². The van der Waals surface area contributed by atoms with E-state index in [0.29, 0.717) is 16.3 Å². The summed E-state index contributed by atoms with van der Waals surface area (Å²) >= 11 is 1.06. The number of nitrogens with zero attached hydrogens (tertiary/aromatic N) is 1. The topological polar surface area (TPSA) is 86.7 Å². The highest BCUT2D eigenvalue weighted by atomic mass is 32.2. The van der Waals surface area contributed by atoms with Crippen molar-refractivity contribution in [2.75, 3.05) is 12.0 Å². The number of carboxylic acid groups (broad SMARTS) is 1. The number of ether oxygens (including phenoxy) is 1. The van der Waals surface area contributed by atoms with Gasteiger partial charge in [-0.1, -0.05) is 24.3 Å². The van der Waals surface area contributed by atoms with Crippen LogP contribution in [0.2, 0.25) is 0 Å². The van der Waals surface area contributed by atoms with Gasteiger partial charge in [-0.15, -0.1) is 11.8 Å². The lowest BCUT2D eigenvalue weighted by Gasteiger charge is -2.16. The second-order valence-electron chi connectivity index (χ2n) is 5.36. The maximum Gasteiger partial charge on any atom is 0.247 e. The molecule has 7 heteroatoms. The van der Waals surface area contributed by atoms with E-state index in [4.69, 9.17) is 4.74 Å². The van der Waals surface area contributed by atoms with Gasteiger partial charge in [0.15, 0.2) is 0 Å². The molecule has 1 fully saturated rings. The average Bonchev–Trinajstić information content (AvgIpc) is 2.89. The van der Waals surface area contributed by atoms with Gasteiger partial charge in [-0.3, -0.25) is 9.59 Å². The smallest absolute Gasteiger partial charge is 0.247 e. The Labute approximate surface area is 148 Å². The van der Waals surface area contributed by atoms with E-state index < -0.39 is 11.2 Å². The first kappa shape index (κ1) is 17.0. The van der Waals surface area contributed by atoms with Gasteiger partial charge in [0.25, 0.3) is 0 Å². The summed E-state index contributed by atoms with van der Waals surface area (Å²) in [7, 11) is 1.50. The number of methoxy groups -OCH3 is 1. The second-order valence-corrected chi connectivity index (χ2v) is 6.61. The van der Waals surface area contributed by atoms with Crippen LogP contribution in [0.3, 0.4) is 0 Å². The van der Waals surface area contributed by atoms with Crippen LogP contribution >= 0.6 is 11.8 Å². The molecule has 25 heavy (non-hydrogen) atoms. The molecule has 1 atom stereocenters. The van der Waals surface area contributed by atoms with E-state index in [-0.39, 0.29) is 23.8 Å². The van der Waals surface area contributed by atoms with Crippen molar-refractivity contribution in [2.24, 2.45) is 0 Å². The third kappa shape index (κ3) is 3.36. The van der Waals surface area contributed by atoms with E-state index in [9.17, 15) is 19.5 Å². The molecule has 0 N–H and O–H groups in total. The standard InChI is InChI=1S/C18H15NO5S/c1-24-12-6-4-5-11(9-12)19-16(20)10-15(17(19)21)25-14-8-3-2-7-13(14)18(22)23/h2-9,15H,10H2,1H3,(H,22,23)/p-1/t15-/m0/s1. The Morgan fingerprint density at radius 1 is 1.20 bits per heavy atom. The molecule has 2 aromatic rings. The van der Waals surface area contributed by atoms with Crippen LogP contribution in [0.15, 0.2) is 53.4 Å². The number of imide groups is 1. The maximum absolute atomic E-state index is 12.7. The molecular weight excluding hydrogens is 342 g/mol. The number of hydrogen-bond acceptors (Lipinski definition) is 6. The van der Waals surface area contributed by atoms with Gasteiger partial charge in [0.2, 0.25) is 11.8 Å². The first-order chi connectivity index (χ1) is 12.0. The quantitative estimate of drug-likeness (QED) is 0.754. The summed E-state index contributed by atoms with van der Waals surface area (Å²) < 4.78 is 5.12. The molecule has 1 aliphatic rings. The van der Waals surface area contributed by atoms with E-state index in [0.717, 1.165) is 16.7 Å². The zero-order valence-electron chi connectivity index (χ0n) is 13.3. The van der Waals surface area contributed by atoms with E-state index in [1.54, 1.807) is 42.5 Å². The molecule has 0 aliphatic carbocycles. The Bertz CT molecular complexity index is 851. The predicted octanol–water partition coefficient (Wildman–Crippen LogP) is 1.48. The lowest BCUT2D eigenvalue weighted by Crippen LogP contribution is -2.31. The van der Waals surface area contributed by atoms with Gasteiger partial charge in [-0.25, -0.2) is 4.90 Å². The molecule has 3 rings (SSSR count). The number of hydrogen-bond donors (Lipinski definition) is 0. The molecular formula is C18H14NO5S-. The number of carbonyl (C=O) groups is 3. The lowest BCUT2D eigenvalue weighted by molar-refractivity contribution is -0.255. The van der Waals surface area contributed by atoms with Gasteiger partial charge in [0.1, 0.15) is 5.75 Å². The van der Waals surface area contributed by atoms with Crippen LogP contribution in [-0.4, -0.2) is 30.1 Å². The average molecular weight is 356 g/mol. The van der Waals surface area contributed by atoms with E-state index in [1.807, 2.05) is 0 Å². The Hall–Kier alpha value is -2.80. The van der Waals surface area contributed by atoms with Crippen LogP contribution in [0, 0.1) is 0 Å². The third-order valence-corrected chi connectivity index (χ3v) is 5.06. The van der Waals surface area contributed by atoms with Crippen molar-refractivity contribution in [1.82, 2.24) is 0 Å². The van der Waals surface area contributed by atoms with Crippen molar-refractivity contribution in [3.05, 3.63) is 54.1 Å². The van der Waals surface area contributed by atoms with Crippen LogP contribution < -0.4 is 14.7 Å². The summed E-state index contributed by atoms with van der Waals surface area (Å²) in [5.41, 5.74) is 0.443. The van der Waals surface area contributed by atoms with Crippen LogP contribution in [0.1, 0.15) is 16.8 Å². The summed E-state index contributed by atoms with van der Waals surface area (Å²) in [5, 5.41) is 10.5. The summed E-state index contributed by atoms with van der Waals surface area (Å²) in [4.78, 5) is 37.7. The van der Waals surface area contributed by atoms with Gasteiger partial charge >= 0.3 is 0 Å². The Morgan fingerprint density at radius 2 is 1.96 bits per heavy atom. The minimum Gasteiger partial charge on any atom is -0.545 e. The number of anilines is 1. The lowest BCUT2D eigenvalue weighted by atomic mass is 10.2. The Kier molecular flexibility index (Phi) is 4.76. The molecule has 2 amide bonds. The molecule has 0 bridgehead atoms. The van der Waals surface area contributed by atoms with E-state index in [1.165, 1.54) is 13.2 Å². The molecule has 0 unspecified atom stereocenters. The fourth-order valence-electron chi connectivity index (χ4n) is 2.61. The summed E-state index contributed by atoms with van der Waals surface area (Å²) in [6.07, 6.45) is 0.00208. The van der Waals surface area contributed by atoms with Gasteiger partial charge in [0.05, 0.1) is 24.0 Å². The van der Waals surface area contributed by atoms with E-state index in [2.05, 4.69) is 0 Å². The maximum atomic E-state index is 12.7. The zero-order valence-corrected chi connectivity index (χ0v) is 14.1. The first-order valence-corrected chi connectivity index (χ1v) is 8.37. The molecule has 0 aromatic heterocycles. The van der Waals surface area contributed by atoms with Crippen LogP contribution in [0.5, 0.6) is 5.75 Å². The minimum atomic E-state index is -1.32. The number of carbonyl (C=O) groups excluding carboxylic acids is 3. The van der Waals surface area contributed by atoms with Crippen molar-refractivity contribution in [2.45, 2.75) is 16.6 Å². The summed E-state index contributed by atoms with van der Waals surface area (Å²) in [6.45, 7) is 0. The first-order valence-electron chi connectivity index (χ1n) is 7.49. The highest BCUT2D eigenvalue weighted by Gasteiger charge is 2.40. The highest BCUT2D eigenvalue weighted by Crippen LogP contribution is 2.36. The highest BCUT2D eigenvalue weighted by molar-refractivity contribution is 8.00. The second kappa shape index (κ2) is 6.98. The Balaban J connectivity index is 1.86. The van der Waals surface area contributed by atoms with Crippen molar-refractivity contribution < 1.29 is 24.2 Å². The molecule has 2 aromatic carbocycles. The molecule has 1 aliphatic heterocycles. The van der Waals surface area contributed by atoms with E-state index >= 15 is 0 Å². The van der Waals surface area contributed by atoms with Gasteiger partial charge in [-0.05, 0) is 18.2 Å². The largest absolute Gasteiger partial charge is 0.545 e. The summed E-state index contributed by atoms with van der Waals surface area (Å²) in [6, 6.07) is 13.0. The van der Waals surface area contributed by atoms with Crippen molar-refractivity contribution in [3.8, 4) is 5.75 Å². The third-order valence-electron chi connectivity index (χ3n) is 3.79. The molecule has 0 saturated carbocycles. The van der Waals surface area contributed by atoms with Crippen molar-refractivity contribution in [1.29, 1.82) is 0 Å². The zero-order chi connectivity index (χ0) is 18.0. The molecule has 1 heterocycles. The fraction of sp³-hybridized carbons (Fsp3) is 0.167. The number of rotatable bonds is 5. The SMILES string of the molecule is COc1cccc(N2C(=O)C[C@H](Sc3ccccc3C(=O)[O-])C2=O)c1. The van der Waals surface area contributed by atoms with Gasteiger partial charge in [-0.2, -0.15) is 0 Å². The number of aromatic carboxylic acids is 1. The number of amides is 2. The van der Waals surface area contributed by atoms with Gasteiger partial charge in [0, 0.05) is 22.9 Å². The predicted molar refractivity (Wildman–Crippen MR) is 90.5 cm³/mol. The molecule has 1 saturated heterocycles. The van der Waals surface area contributed by atoms with Crippen LogP contribution in [0.4, 0.5) is 5.69 Å².